The molecule has 0 aliphatic rings. The van der Waals surface area contributed by atoms with Crippen LogP contribution in [-0.2, 0) is 0 Å². The molecule has 0 unspecified atom stereocenters. The molecule has 0 aliphatic carbocycles. The first-order chi connectivity index (χ1) is 6.81. The number of hydrogen-bond acceptors (Lipinski definition) is 0. The maximum atomic E-state index is 3.30. The zero-order valence-corrected chi connectivity index (χ0v) is 8.52. The Kier molecular flexibility index (Phi) is 2.28. The van der Waals surface area contributed by atoms with E-state index in [0.29, 0.717) is 0 Å². The van der Waals surface area contributed by atoms with Crippen molar-refractivity contribution in [2.24, 2.45) is 0 Å². The minimum atomic E-state index is 0.897. The highest BCUT2D eigenvalue weighted by Gasteiger charge is 1.99. The van der Waals surface area contributed by atoms with Crippen molar-refractivity contribution in [1.82, 2.24) is 4.98 Å². The van der Waals surface area contributed by atoms with E-state index in [1.165, 1.54) is 16.5 Å². The minimum Gasteiger partial charge on any atom is -0.348 e. The van der Waals surface area contributed by atoms with Gasteiger partial charge >= 0.3 is 0 Å². The van der Waals surface area contributed by atoms with Crippen LogP contribution in [0.2, 0.25) is 0 Å². The third-order valence-corrected chi connectivity index (χ3v) is 2.28. The number of benzene rings is 1. The zero-order chi connectivity index (χ0) is 9.97. The zero-order valence-electron chi connectivity index (χ0n) is 8.52. The Morgan fingerprint density at radius 2 is 2.21 bits per heavy atom. The first kappa shape index (κ1) is 8.90. The summed E-state index contributed by atoms with van der Waals surface area (Å²) in [5.74, 6) is 6.17. The Hall–Kier alpha value is -1.68. The summed E-state index contributed by atoms with van der Waals surface area (Å²) in [6, 6.07) is 8.38. The van der Waals surface area contributed by atoms with Crippen LogP contribution >= 0.6 is 0 Å². The van der Waals surface area contributed by atoms with Crippen LogP contribution in [0.25, 0.3) is 10.9 Å². The van der Waals surface area contributed by atoms with Crippen molar-refractivity contribution in [3.63, 3.8) is 0 Å². The lowest BCUT2D eigenvalue weighted by Gasteiger charge is -1.92. The van der Waals surface area contributed by atoms with Crippen molar-refractivity contribution < 1.29 is 0 Å². The normalized spacial score (nSPS) is 9.86. The molecule has 0 saturated carbocycles. The molecule has 0 bridgehead atoms. The van der Waals surface area contributed by atoms with Crippen molar-refractivity contribution in [3.8, 4) is 11.8 Å². The predicted molar refractivity (Wildman–Crippen MR) is 60.2 cm³/mol. The van der Waals surface area contributed by atoms with Gasteiger partial charge in [-0.15, -0.1) is 0 Å². The summed E-state index contributed by atoms with van der Waals surface area (Å²) in [6.45, 7) is 4.17. The smallest absolute Gasteiger partial charge is 0.0904 e. The van der Waals surface area contributed by atoms with Crippen LogP contribution in [0.15, 0.2) is 24.3 Å². The molecule has 1 heterocycles. The lowest BCUT2D eigenvalue weighted by molar-refractivity contribution is 1.27. The average molecular weight is 183 g/mol. The fourth-order valence-corrected chi connectivity index (χ4v) is 1.56. The topological polar surface area (TPSA) is 15.8 Å². The molecule has 1 aromatic heterocycles. The quantitative estimate of drug-likeness (QED) is 0.603. The number of H-pyrrole nitrogens is 1. The molecule has 0 atom stereocenters. The molecule has 2 rings (SSSR count). The molecule has 0 spiro atoms. The first-order valence-corrected chi connectivity index (χ1v) is 4.88. The third-order valence-electron chi connectivity index (χ3n) is 2.28. The summed E-state index contributed by atoms with van der Waals surface area (Å²) in [4.78, 5) is 3.30. The van der Waals surface area contributed by atoms with Gasteiger partial charge in [0.15, 0.2) is 0 Å². The standard InChI is InChI=1S/C13H13N/c1-3-4-7-11-9-12-10(2)6-5-8-13(12)14-11/h5-6,8-9,14H,3H2,1-2H3. The van der Waals surface area contributed by atoms with Gasteiger partial charge in [0.05, 0.1) is 5.69 Å². The highest BCUT2D eigenvalue weighted by Crippen LogP contribution is 2.18. The van der Waals surface area contributed by atoms with E-state index < -0.39 is 0 Å². The lowest BCUT2D eigenvalue weighted by atomic mass is 10.1. The van der Waals surface area contributed by atoms with Gasteiger partial charge in [0, 0.05) is 17.3 Å². The first-order valence-electron chi connectivity index (χ1n) is 4.88. The molecular formula is C13H13N. The Morgan fingerprint density at radius 3 is 2.93 bits per heavy atom. The second kappa shape index (κ2) is 3.59. The number of aryl methyl sites for hydroxylation is 1. The van der Waals surface area contributed by atoms with Gasteiger partial charge in [-0.2, -0.15) is 0 Å². The molecule has 0 amide bonds. The third kappa shape index (κ3) is 1.52. The van der Waals surface area contributed by atoms with Crippen LogP contribution < -0.4 is 0 Å². The number of nitrogens with one attached hydrogen (secondary N) is 1. The SMILES string of the molecule is CCC#Cc1cc2c(C)cccc2[nH]1. The summed E-state index contributed by atoms with van der Waals surface area (Å²) >= 11 is 0. The second-order valence-electron chi connectivity index (χ2n) is 3.37. The molecule has 0 saturated heterocycles. The maximum absolute atomic E-state index is 3.30. The largest absolute Gasteiger partial charge is 0.348 e. The molecule has 1 heteroatoms. The second-order valence-corrected chi connectivity index (χ2v) is 3.37. The van der Waals surface area contributed by atoms with Gasteiger partial charge in [0.2, 0.25) is 0 Å². The molecule has 14 heavy (non-hydrogen) atoms. The summed E-state index contributed by atoms with van der Waals surface area (Å²) in [5, 5.41) is 1.27. The van der Waals surface area contributed by atoms with Crippen LogP contribution in [-0.4, -0.2) is 4.98 Å². The van der Waals surface area contributed by atoms with Crippen LogP contribution in [0.3, 0.4) is 0 Å². The average Bonchev–Trinajstić information content (AvgIpc) is 2.59. The van der Waals surface area contributed by atoms with Crippen LogP contribution in [0.1, 0.15) is 24.6 Å². The monoisotopic (exact) mass is 183 g/mol. The van der Waals surface area contributed by atoms with Gasteiger partial charge < -0.3 is 4.98 Å². The number of aromatic nitrogens is 1. The van der Waals surface area contributed by atoms with Crippen LogP contribution in [0.5, 0.6) is 0 Å². The number of fused-ring (bicyclic) bond motifs is 1. The van der Waals surface area contributed by atoms with Crippen LogP contribution in [0, 0.1) is 18.8 Å². The van der Waals surface area contributed by atoms with Crippen molar-refractivity contribution in [2.75, 3.05) is 0 Å². The summed E-state index contributed by atoms with van der Waals surface area (Å²) in [7, 11) is 0. The van der Waals surface area contributed by atoms with E-state index >= 15 is 0 Å². The summed E-state index contributed by atoms with van der Waals surface area (Å²) < 4.78 is 0. The van der Waals surface area contributed by atoms with Crippen molar-refractivity contribution >= 4 is 10.9 Å². The van der Waals surface area contributed by atoms with E-state index in [1.807, 2.05) is 0 Å². The fraction of sp³-hybridized carbons (Fsp3) is 0.231. The molecular weight excluding hydrogens is 170 g/mol. The molecule has 1 nitrogen and oxygen atoms in total. The Bertz CT molecular complexity index is 509. The number of hydrogen-bond donors (Lipinski definition) is 1. The molecule has 1 aromatic carbocycles. The van der Waals surface area contributed by atoms with E-state index in [2.05, 4.69) is 54.9 Å². The molecule has 0 aliphatic heterocycles. The van der Waals surface area contributed by atoms with Gasteiger partial charge in [0.25, 0.3) is 0 Å². The van der Waals surface area contributed by atoms with Gasteiger partial charge in [-0.3, -0.25) is 0 Å². The van der Waals surface area contributed by atoms with E-state index in [-0.39, 0.29) is 0 Å². The number of aromatic amines is 1. The Labute approximate surface area is 84.1 Å². The van der Waals surface area contributed by atoms with Gasteiger partial charge in [-0.1, -0.05) is 25.0 Å². The molecule has 1 N–H and O–H groups in total. The van der Waals surface area contributed by atoms with E-state index in [1.54, 1.807) is 0 Å². The Morgan fingerprint density at radius 1 is 1.36 bits per heavy atom. The van der Waals surface area contributed by atoms with Gasteiger partial charge in [-0.05, 0) is 30.5 Å². The molecule has 0 radical (unpaired) electrons. The van der Waals surface area contributed by atoms with Crippen molar-refractivity contribution in [1.29, 1.82) is 0 Å². The predicted octanol–water partition coefficient (Wildman–Crippen LogP) is 3.24. The van der Waals surface area contributed by atoms with Gasteiger partial charge in [0.1, 0.15) is 0 Å². The minimum absolute atomic E-state index is 0.897. The maximum Gasteiger partial charge on any atom is 0.0904 e. The van der Waals surface area contributed by atoms with Crippen molar-refractivity contribution in [3.05, 3.63) is 35.5 Å². The highest BCUT2D eigenvalue weighted by atomic mass is 14.7. The van der Waals surface area contributed by atoms with Gasteiger partial charge in [-0.25, -0.2) is 0 Å². The van der Waals surface area contributed by atoms with E-state index in [9.17, 15) is 0 Å². The lowest BCUT2D eigenvalue weighted by Crippen LogP contribution is -1.72. The fourth-order valence-electron chi connectivity index (χ4n) is 1.56. The Balaban J connectivity index is 2.57. The van der Waals surface area contributed by atoms with Crippen molar-refractivity contribution in [2.45, 2.75) is 20.3 Å². The summed E-state index contributed by atoms with van der Waals surface area (Å²) in [5.41, 5.74) is 3.48. The van der Waals surface area contributed by atoms with E-state index in [4.69, 9.17) is 0 Å². The molecule has 0 fully saturated rings. The molecule has 70 valence electrons. The van der Waals surface area contributed by atoms with Crippen LogP contribution in [0.4, 0.5) is 0 Å². The highest BCUT2D eigenvalue weighted by molar-refractivity contribution is 5.84. The summed E-state index contributed by atoms with van der Waals surface area (Å²) in [6.07, 6.45) is 0.897. The molecule has 2 aromatic rings. The number of rotatable bonds is 0. The van der Waals surface area contributed by atoms with E-state index in [0.717, 1.165) is 12.1 Å².